The van der Waals surface area contributed by atoms with Crippen LogP contribution in [0.1, 0.15) is 32.6 Å². The van der Waals surface area contributed by atoms with E-state index in [1.807, 2.05) is 11.8 Å². The Morgan fingerprint density at radius 1 is 1.55 bits per heavy atom. The molecule has 1 N–H and O–H groups in total. The van der Waals surface area contributed by atoms with Crippen LogP contribution in [0.15, 0.2) is 0 Å². The van der Waals surface area contributed by atoms with E-state index in [4.69, 9.17) is 0 Å². The van der Waals surface area contributed by atoms with Gasteiger partial charge in [0, 0.05) is 4.75 Å². The van der Waals surface area contributed by atoms with Gasteiger partial charge in [0.05, 0.1) is 6.10 Å². The van der Waals surface area contributed by atoms with Crippen LogP contribution in [0.25, 0.3) is 0 Å². The summed E-state index contributed by atoms with van der Waals surface area (Å²) in [6.07, 6.45) is 5.02. The maximum Gasteiger partial charge on any atom is 0.0712 e. The third kappa shape index (κ3) is 1.43. The van der Waals surface area contributed by atoms with Gasteiger partial charge in [-0.15, -0.1) is 0 Å². The number of thioether (sulfide) groups is 1. The van der Waals surface area contributed by atoms with Crippen LogP contribution in [-0.4, -0.2) is 21.7 Å². The molecule has 1 aliphatic carbocycles. The Morgan fingerprint density at radius 2 is 2.27 bits per heavy atom. The highest BCUT2D eigenvalue weighted by Crippen LogP contribution is 2.48. The smallest absolute Gasteiger partial charge is 0.0712 e. The van der Waals surface area contributed by atoms with Crippen LogP contribution in [-0.2, 0) is 0 Å². The van der Waals surface area contributed by atoms with Crippen molar-refractivity contribution in [2.45, 2.75) is 43.5 Å². The third-order valence-corrected chi connectivity index (χ3v) is 4.54. The molecule has 1 nitrogen and oxygen atoms in total. The van der Waals surface area contributed by atoms with Crippen molar-refractivity contribution in [3.63, 3.8) is 0 Å². The molecule has 1 aliphatic heterocycles. The zero-order valence-corrected chi connectivity index (χ0v) is 7.86. The van der Waals surface area contributed by atoms with E-state index in [1.165, 1.54) is 31.4 Å². The summed E-state index contributed by atoms with van der Waals surface area (Å²) in [6.45, 7) is 2.23. The molecule has 0 spiro atoms. The van der Waals surface area contributed by atoms with E-state index in [0.29, 0.717) is 5.92 Å². The molecule has 0 amide bonds. The van der Waals surface area contributed by atoms with E-state index in [-0.39, 0.29) is 10.9 Å². The minimum Gasteiger partial charge on any atom is -0.391 e. The summed E-state index contributed by atoms with van der Waals surface area (Å²) in [5.41, 5.74) is 0. The first kappa shape index (κ1) is 7.93. The molecule has 0 radical (unpaired) electrons. The molecule has 2 fully saturated rings. The average Bonchev–Trinajstić information content (AvgIpc) is 2.74. The predicted molar refractivity (Wildman–Crippen MR) is 48.8 cm³/mol. The van der Waals surface area contributed by atoms with Crippen molar-refractivity contribution >= 4 is 11.8 Å². The van der Waals surface area contributed by atoms with Crippen LogP contribution in [0.5, 0.6) is 0 Å². The number of aliphatic hydroxyl groups is 1. The van der Waals surface area contributed by atoms with Crippen LogP contribution in [0.3, 0.4) is 0 Å². The Morgan fingerprint density at radius 3 is 2.73 bits per heavy atom. The minimum atomic E-state index is -0.0185. The lowest BCUT2D eigenvalue weighted by Gasteiger charge is -2.28. The summed E-state index contributed by atoms with van der Waals surface area (Å²) in [7, 11) is 0. The second-order valence-electron chi connectivity index (χ2n) is 4.05. The molecule has 2 atom stereocenters. The van der Waals surface area contributed by atoms with Crippen LogP contribution in [0, 0.1) is 5.92 Å². The van der Waals surface area contributed by atoms with Gasteiger partial charge in [-0.25, -0.2) is 0 Å². The van der Waals surface area contributed by atoms with Crippen molar-refractivity contribution in [2.24, 2.45) is 5.92 Å². The lowest BCUT2D eigenvalue weighted by Crippen LogP contribution is -2.35. The molecule has 0 aromatic heterocycles. The van der Waals surface area contributed by atoms with Gasteiger partial charge in [0.2, 0.25) is 0 Å². The zero-order valence-electron chi connectivity index (χ0n) is 7.05. The molecule has 2 aliphatic rings. The molecule has 11 heavy (non-hydrogen) atoms. The summed E-state index contributed by atoms with van der Waals surface area (Å²) < 4.78 is 0.209. The summed E-state index contributed by atoms with van der Waals surface area (Å²) >= 11 is 1.97. The largest absolute Gasteiger partial charge is 0.391 e. The van der Waals surface area contributed by atoms with Gasteiger partial charge in [0.15, 0.2) is 0 Å². The van der Waals surface area contributed by atoms with Gasteiger partial charge in [0.25, 0.3) is 0 Å². The molecule has 0 aromatic rings. The monoisotopic (exact) mass is 172 g/mol. The minimum absolute atomic E-state index is 0.0185. The van der Waals surface area contributed by atoms with Crippen LogP contribution in [0.2, 0.25) is 0 Å². The quantitative estimate of drug-likeness (QED) is 0.688. The lowest BCUT2D eigenvalue weighted by atomic mass is 9.95. The zero-order chi connectivity index (χ0) is 7.90. The number of aliphatic hydroxyl groups excluding tert-OH is 1. The molecule has 2 rings (SSSR count). The van der Waals surface area contributed by atoms with Gasteiger partial charge >= 0.3 is 0 Å². The second-order valence-corrected chi connectivity index (χ2v) is 5.68. The van der Waals surface area contributed by atoms with E-state index in [2.05, 4.69) is 6.92 Å². The van der Waals surface area contributed by atoms with Gasteiger partial charge in [0.1, 0.15) is 0 Å². The summed E-state index contributed by atoms with van der Waals surface area (Å²) in [6, 6.07) is 0. The maximum atomic E-state index is 9.93. The van der Waals surface area contributed by atoms with Gasteiger partial charge in [-0.2, -0.15) is 11.8 Å². The van der Waals surface area contributed by atoms with Crippen molar-refractivity contribution < 1.29 is 5.11 Å². The summed E-state index contributed by atoms with van der Waals surface area (Å²) in [5, 5.41) is 9.93. The fourth-order valence-electron chi connectivity index (χ4n) is 1.94. The molecular weight excluding hydrogens is 156 g/mol. The Balaban J connectivity index is 1.99. The molecule has 0 aromatic carbocycles. The molecular formula is C9H16OS. The van der Waals surface area contributed by atoms with Crippen molar-refractivity contribution in [1.29, 1.82) is 0 Å². The van der Waals surface area contributed by atoms with Crippen molar-refractivity contribution in [3.05, 3.63) is 0 Å². The topological polar surface area (TPSA) is 20.2 Å². The Hall–Kier alpha value is 0.310. The number of hydrogen-bond acceptors (Lipinski definition) is 2. The first-order valence-corrected chi connectivity index (χ1v) is 5.53. The highest BCUT2D eigenvalue weighted by atomic mass is 32.2. The molecule has 1 saturated heterocycles. The van der Waals surface area contributed by atoms with Crippen molar-refractivity contribution in [2.75, 3.05) is 5.75 Å². The Kier molecular flexibility index (Phi) is 1.92. The molecule has 1 saturated carbocycles. The third-order valence-electron chi connectivity index (χ3n) is 2.94. The van der Waals surface area contributed by atoms with Crippen molar-refractivity contribution in [1.82, 2.24) is 0 Å². The number of rotatable bonds is 2. The highest BCUT2D eigenvalue weighted by molar-refractivity contribution is 8.00. The predicted octanol–water partition coefficient (Wildman–Crippen LogP) is 2.04. The number of hydrogen-bond donors (Lipinski definition) is 1. The standard InChI is InChI=1S/C9H16OS/c1-9(5-2-6-11-9)8(10)7-3-4-7/h7-8,10H,2-6H2,1H3. The highest BCUT2D eigenvalue weighted by Gasteiger charge is 2.44. The molecule has 2 heteroatoms. The fourth-order valence-corrected chi connectivity index (χ4v) is 3.35. The van der Waals surface area contributed by atoms with Crippen LogP contribution >= 0.6 is 11.8 Å². The van der Waals surface area contributed by atoms with Crippen LogP contribution in [0.4, 0.5) is 0 Å². The first-order chi connectivity index (χ1) is 5.22. The van der Waals surface area contributed by atoms with Gasteiger partial charge in [-0.3, -0.25) is 0 Å². The Bertz CT molecular complexity index is 148. The fraction of sp³-hybridized carbons (Fsp3) is 1.00. The van der Waals surface area contributed by atoms with E-state index in [9.17, 15) is 5.11 Å². The summed E-state index contributed by atoms with van der Waals surface area (Å²) in [5.74, 6) is 1.89. The average molecular weight is 172 g/mol. The first-order valence-electron chi connectivity index (χ1n) is 4.54. The Labute approximate surface area is 72.6 Å². The van der Waals surface area contributed by atoms with E-state index in [0.717, 1.165) is 0 Å². The maximum absolute atomic E-state index is 9.93. The van der Waals surface area contributed by atoms with E-state index in [1.54, 1.807) is 0 Å². The van der Waals surface area contributed by atoms with Gasteiger partial charge in [-0.05, 0) is 44.3 Å². The second kappa shape index (κ2) is 2.67. The molecule has 2 unspecified atom stereocenters. The van der Waals surface area contributed by atoms with E-state index < -0.39 is 0 Å². The summed E-state index contributed by atoms with van der Waals surface area (Å²) in [4.78, 5) is 0. The molecule has 1 heterocycles. The molecule has 64 valence electrons. The van der Waals surface area contributed by atoms with E-state index >= 15 is 0 Å². The molecule has 0 bridgehead atoms. The van der Waals surface area contributed by atoms with Crippen LogP contribution < -0.4 is 0 Å². The normalized spacial score (nSPS) is 40.9. The van der Waals surface area contributed by atoms with Gasteiger partial charge in [-0.1, -0.05) is 0 Å². The van der Waals surface area contributed by atoms with Crippen molar-refractivity contribution in [3.8, 4) is 0 Å². The lowest BCUT2D eigenvalue weighted by molar-refractivity contribution is 0.111. The SMILES string of the molecule is CC1(C(O)C2CC2)CCCS1. The van der Waals surface area contributed by atoms with Gasteiger partial charge < -0.3 is 5.11 Å².